The van der Waals surface area contributed by atoms with Gasteiger partial charge in [-0.2, -0.15) is 4.31 Å². The number of aryl methyl sites for hydroxylation is 1. The van der Waals surface area contributed by atoms with Crippen molar-refractivity contribution in [1.29, 1.82) is 0 Å². The first kappa shape index (κ1) is 15.0. The fourth-order valence-corrected chi connectivity index (χ4v) is 4.68. The van der Waals surface area contributed by atoms with E-state index in [1.807, 2.05) is 19.1 Å². The number of hydrogen-bond donors (Lipinski definition) is 0. The number of sulfonamides is 1. The Morgan fingerprint density at radius 2 is 1.81 bits per heavy atom. The predicted molar refractivity (Wildman–Crippen MR) is 83.7 cm³/mol. The van der Waals surface area contributed by atoms with Crippen LogP contribution in [0.2, 0.25) is 0 Å². The van der Waals surface area contributed by atoms with E-state index in [9.17, 15) is 8.42 Å². The van der Waals surface area contributed by atoms with Gasteiger partial charge in [0.15, 0.2) is 0 Å². The fraction of sp³-hybridized carbons (Fsp3) is 0.625. The van der Waals surface area contributed by atoms with Crippen molar-refractivity contribution in [2.24, 2.45) is 5.92 Å². The molecule has 1 heterocycles. The SMILES string of the molecule is Cc1cccc(S(=O)(=O)N2CCN(C(C)C3CC3)CC2)c1. The molecule has 21 heavy (non-hydrogen) atoms. The zero-order valence-electron chi connectivity index (χ0n) is 12.8. The molecule has 1 saturated heterocycles. The van der Waals surface area contributed by atoms with Gasteiger partial charge in [0.2, 0.25) is 10.0 Å². The smallest absolute Gasteiger partial charge is 0.243 e. The molecule has 0 amide bonds. The Balaban J connectivity index is 1.68. The second-order valence-corrected chi connectivity index (χ2v) is 8.27. The van der Waals surface area contributed by atoms with Crippen LogP contribution < -0.4 is 0 Å². The highest BCUT2D eigenvalue weighted by molar-refractivity contribution is 7.89. The number of nitrogens with zero attached hydrogens (tertiary/aromatic N) is 2. The summed E-state index contributed by atoms with van der Waals surface area (Å²) < 4.78 is 27.0. The van der Waals surface area contributed by atoms with Crippen LogP contribution in [0, 0.1) is 12.8 Å². The fourth-order valence-electron chi connectivity index (χ4n) is 3.15. The average molecular weight is 308 g/mol. The summed E-state index contributed by atoms with van der Waals surface area (Å²) in [5.74, 6) is 0.838. The predicted octanol–water partition coefficient (Wildman–Crippen LogP) is 2.10. The van der Waals surface area contributed by atoms with Gasteiger partial charge in [-0.05, 0) is 50.3 Å². The van der Waals surface area contributed by atoms with Gasteiger partial charge in [-0.1, -0.05) is 12.1 Å². The highest BCUT2D eigenvalue weighted by Crippen LogP contribution is 2.35. The number of rotatable bonds is 4. The highest BCUT2D eigenvalue weighted by Gasteiger charge is 2.35. The topological polar surface area (TPSA) is 40.6 Å². The quantitative estimate of drug-likeness (QED) is 0.855. The molecule has 0 radical (unpaired) electrons. The molecule has 0 spiro atoms. The summed E-state index contributed by atoms with van der Waals surface area (Å²) in [7, 11) is -3.33. The molecule has 1 aliphatic heterocycles. The van der Waals surface area contributed by atoms with Crippen molar-refractivity contribution < 1.29 is 8.42 Å². The first-order chi connectivity index (χ1) is 9.98. The van der Waals surface area contributed by atoms with Crippen LogP contribution in [-0.2, 0) is 10.0 Å². The Hall–Kier alpha value is -0.910. The summed E-state index contributed by atoms with van der Waals surface area (Å²) in [6.45, 7) is 7.11. The van der Waals surface area contributed by atoms with Gasteiger partial charge in [-0.3, -0.25) is 4.90 Å². The Labute approximate surface area is 127 Å². The third kappa shape index (κ3) is 3.15. The van der Waals surface area contributed by atoms with Crippen LogP contribution >= 0.6 is 0 Å². The third-order valence-corrected chi connectivity index (χ3v) is 6.68. The molecule has 5 heteroatoms. The van der Waals surface area contributed by atoms with Gasteiger partial charge >= 0.3 is 0 Å². The summed E-state index contributed by atoms with van der Waals surface area (Å²) in [6.07, 6.45) is 2.67. The molecule has 1 aromatic rings. The lowest BCUT2D eigenvalue weighted by Gasteiger charge is -2.37. The van der Waals surface area contributed by atoms with E-state index in [-0.39, 0.29) is 0 Å². The lowest BCUT2D eigenvalue weighted by Crippen LogP contribution is -2.51. The lowest BCUT2D eigenvalue weighted by molar-refractivity contribution is 0.133. The minimum Gasteiger partial charge on any atom is -0.298 e. The van der Waals surface area contributed by atoms with E-state index in [4.69, 9.17) is 0 Å². The Morgan fingerprint density at radius 1 is 1.14 bits per heavy atom. The maximum atomic E-state index is 12.7. The van der Waals surface area contributed by atoms with Gasteiger partial charge < -0.3 is 0 Å². The number of piperazine rings is 1. The molecular formula is C16H24N2O2S. The summed E-state index contributed by atoms with van der Waals surface area (Å²) >= 11 is 0. The van der Waals surface area contributed by atoms with Gasteiger partial charge in [0.1, 0.15) is 0 Å². The molecule has 1 aromatic carbocycles. The molecule has 1 saturated carbocycles. The second kappa shape index (κ2) is 5.71. The monoisotopic (exact) mass is 308 g/mol. The average Bonchev–Trinajstić information content (AvgIpc) is 3.31. The zero-order chi connectivity index (χ0) is 15.0. The van der Waals surface area contributed by atoms with Gasteiger partial charge in [0, 0.05) is 32.2 Å². The molecule has 116 valence electrons. The van der Waals surface area contributed by atoms with E-state index in [1.165, 1.54) is 12.8 Å². The standard InChI is InChI=1S/C16H24N2O2S/c1-13-4-3-5-16(12-13)21(19,20)18-10-8-17(9-11-18)14(2)15-6-7-15/h3-5,12,14-15H,6-11H2,1-2H3. The normalized spacial score (nSPS) is 23.1. The minimum absolute atomic E-state index is 0.422. The van der Waals surface area contributed by atoms with Gasteiger partial charge in [-0.25, -0.2) is 8.42 Å². The van der Waals surface area contributed by atoms with Gasteiger partial charge in [0.25, 0.3) is 0 Å². The van der Waals surface area contributed by atoms with Gasteiger partial charge in [-0.15, -0.1) is 0 Å². The van der Waals surface area contributed by atoms with Crippen LogP contribution in [0.1, 0.15) is 25.3 Å². The molecule has 1 aliphatic carbocycles. The molecule has 3 rings (SSSR count). The van der Waals surface area contributed by atoms with E-state index in [0.717, 1.165) is 24.6 Å². The van der Waals surface area contributed by atoms with Crippen molar-refractivity contribution in [2.45, 2.75) is 37.6 Å². The number of benzene rings is 1. The van der Waals surface area contributed by atoms with Crippen LogP contribution in [0.4, 0.5) is 0 Å². The van der Waals surface area contributed by atoms with Crippen molar-refractivity contribution in [3.8, 4) is 0 Å². The van der Waals surface area contributed by atoms with E-state index in [2.05, 4.69) is 11.8 Å². The summed E-state index contributed by atoms with van der Waals surface area (Å²) in [6, 6.07) is 7.80. The van der Waals surface area contributed by atoms with Crippen LogP contribution in [0.25, 0.3) is 0 Å². The Kier molecular flexibility index (Phi) is 4.08. The van der Waals surface area contributed by atoms with Crippen molar-refractivity contribution in [1.82, 2.24) is 9.21 Å². The molecule has 1 atom stereocenters. The largest absolute Gasteiger partial charge is 0.298 e. The molecule has 2 aliphatic rings. The summed E-state index contributed by atoms with van der Waals surface area (Å²) in [4.78, 5) is 2.87. The molecule has 1 unspecified atom stereocenters. The van der Waals surface area contributed by atoms with E-state index in [1.54, 1.807) is 16.4 Å². The van der Waals surface area contributed by atoms with Crippen LogP contribution in [0.3, 0.4) is 0 Å². The Bertz CT molecular complexity index is 602. The number of hydrogen-bond acceptors (Lipinski definition) is 3. The third-order valence-electron chi connectivity index (χ3n) is 4.78. The first-order valence-corrected chi connectivity index (χ1v) is 9.23. The molecule has 0 bridgehead atoms. The first-order valence-electron chi connectivity index (χ1n) is 7.79. The molecule has 4 nitrogen and oxygen atoms in total. The molecule has 2 fully saturated rings. The second-order valence-electron chi connectivity index (χ2n) is 6.33. The van der Waals surface area contributed by atoms with Crippen LogP contribution in [0.5, 0.6) is 0 Å². The van der Waals surface area contributed by atoms with Crippen molar-refractivity contribution in [2.75, 3.05) is 26.2 Å². The maximum Gasteiger partial charge on any atom is 0.243 e. The Morgan fingerprint density at radius 3 is 2.38 bits per heavy atom. The molecular weight excluding hydrogens is 284 g/mol. The van der Waals surface area contributed by atoms with Crippen LogP contribution in [0.15, 0.2) is 29.2 Å². The lowest BCUT2D eigenvalue weighted by atomic mass is 10.1. The van der Waals surface area contributed by atoms with Crippen molar-refractivity contribution >= 4 is 10.0 Å². The summed E-state index contributed by atoms with van der Waals surface area (Å²) in [5, 5.41) is 0. The summed E-state index contributed by atoms with van der Waals surface area (Å²) in [5.41, 5.74) is 0.983. The van der Waals surface area contributed by atoms with Crippen molar-refractivity contribution in [3.05, 3.63) is 29.8 Å². The van der Waals surface area contributed by atoms with E-state index < -0.39 is 10.0 Å². The highest BCUT2D eigenvalue weighted by atomic mass is 32.2. The van der Waals surface area contributed by atoms with Gasteiger partial charge in [0.05, 0.1) is 4.90 Å². The maximum absolute atomic E-state index is 12.7. The minimum atomic E-state index is -3.33. The van der Waals surface area contributed by atoms with Crippen LogP contribution in [-0.4, -0.2) is 49.8 Å². The molecule has 0 aromatic heterocycles. The van der Waals surface area contributed by atoms with E-state index >= 15 is 0 Å². The zero-order valence-corrected chi connectivity index (χ0v) is 13.6. The van der Waals surface area contributed by atoms with E-state index in [0.29, 0.717) is 24.0 Å². The molecule has 0 N–H and O–H groups in total. The van der Waals surface area contributed by atoms with Crippen molar-refractivity contribution in [3.63, 3.8) is 0 Å².